The average Bonchev–Trinajstić information content (AvgIpc) is 3.01. The summed E-state index contributed by atoms with van der Waals surface area (Å²) in [5.41, 5.74) is 0. The second kappa shape index (κ2) is 4.21. The molecule has 15 heavy (non-hydrogen) atoms. The lowest BCUT2D eigenvalue weighted by Crippen LogP contribution is -2.45. The molecule has 84 valence electrons. The highest BCUT2D eigenvalue weighted by Crippen LogP contribution is 2.31. The van der Waals surface area contributed by atoms with E-state index < -0.39 is 11.9 Å². The third-order valence-corrected chi connectivity index (χ3v) is 3.33. The Labute approximate surface area is 89.0 Å². The Bertz CT molecular complexity index is 273. The maximum Gasteiger partial charge on any atom is 0.223 e. The van der Waals surface area contributed by atoms with Crippen LogP contribution in [0.1, 0.15) is 38.5 Å². The van der Waals surface area contributed by atoms with Crippen molar-refractivity contribution in [3.8, 4) is 0 Å². The molecule has 1 N–H and O–H groups in total. The van der Waals surface area contributed by atoms with Gasteiger partial charge in [-0.1, -0.05) is 12.8 Å². The van der Waals surface area contributed by atoms with Crippen molar-refractivity contribution in [2.45, 2.75) is 44.6 Å². The Balaban J connectivity index is 1.96. The van der Waals surface area contributed by atoms with Gasteiger partial charge in [0.05, 0.1) is 0 Å². The van der Waals surface area contributed by atoms with Crippen LogP contribution in [0, 0.1) is 11.8 Å². The van der Waals surface area contributed by atoms with Crippen molar-refractivity contribution in [3.05, 3.63) is 0 Å². The highest BCUT2D eigenvalue weighted by Gasteiger charge is 2.34. The standard InChI is InChI=1S/C11H17NO3/c13-10(12-7-5-6-7)8-3-1-2-4-9(8)11(14)15/h7-9H,1-6H2,(H,12,13)(H,14,15)/p-1/t8-,9+/m1/s1. The van der Waals surface area contributed by atoms with Crippen LogP contribution in [0.3, 0.4) is 0 Å². The van der Waals surface area contributed by atoms with Crippen molar-refractivity contribution in [2.75, 3.05) is 0 Å². The molecule has 2 saturated carbocycles. The Hall–Kier alpha value is -1.06. The molecular formula is C11H16NO3-. The summed E-state index contributed by atoms with van der Waals surface area (Å²) in [6.07, 6.45) is 5.20. The number of carboxylic acids is 1. The van der Waals surface area contributed by atoms with Crippen LogP contribution < -0.4 is 10.4 Å². The first-order valence-corrected chi connectivity index (χ1v) is 5.69. The first-order chi connectivity index (χ1) is 7.18. The molecule has 0 aromatic rings. The number of rotatable bonds is 3. The van der Waals surface area contributed by atoms with Crippen LogP contribution in [0.25, 0.3) is 0 Å². The van der Waals surface area contributed by atoms with Gasteiger partial charge in [0.1, 0.15) is 0 Å². The van der Waals surface area contributed by atoms with Gasteiger partial charge in [-0.2, -0.15) is 0 Å². The minimum atomic E-state index is -1.06. The molecule has 0 unspecified atom stereocenters. The number of carboxylic acid groups (broad SMARTS) is 1. The maximum absolute atomic E-state index is 11.8. The lowest BCUT2D eigenvalue weighted by atomic mass is 9.78. The second-order valence-corrected chi connectivity index (χ2v) is 4.60. The van der Waals surface area contributed by atoms with Gasteiger partial charge >= 0.3 is 0 Å². The SMILES string of the molecule is O=C([O-])[C@H]1CCCC[C@H]1C(=O)NC1CC1. The van der Waals surface area contributed by atoms with E-state index in [1.165, 1.54) is 0 Å². The van der Waals surface area contributed by atoms with Crippen LogP contribution in [0.15, 0.2) is 0 Å². The number of hydrogen-bond acceptors (Lipinski definition) is 3. The third kappa shape index (κ3) is 2.49. The van der Waals surface area contributed by atoms with E-state index in [9.17, 15) is 14.7 Å². The highest BCUT2D eigenvalue weighted by atomic mass is 16.4. The first-order valence-electron chi connectivity index (χ1n) is 5.69. The van der Waals surface area contributed by atoms with E-state index in [4.69, 9.17) is 0 Å². The van der Waals surface area contributed by atoms with E-state index in [1.807, 2.05) is 0 Å². The molecule has 0 heterocycles. The monoisotopic (exact) mass is 210 g/mol. The Kier molecular flexibility index (Phi) is 2.93. The van der Waals surface area contributed by atoms with Crippen LogP contribution in [0.5, 0.6) is 0 Å². The van der Waals surface area contributed by atoms with Crippen molar-refractivity contribution in [3.63, 3.8) is 0 Å². The summed E-state index contributed by atoms with van der Waals surface area (Å²) in [6, 6.07) is 0.307. The fourth-order valence-corrected chi connectivity index (χ4v) is 2.26. The van der Waals surface area contributed by atoms with E-state index in [2.05, 4.69) is 5.32 Å². The number of aliphatic carboxylic acids is 1. The minimum absolute atomic E-state index is 0.0774. The molecule has 2 atom stereocenters. The molecule has 2 fully saturated rings. The van der Waals surface area contributed by atoms with Gasteiger partial charge in [0.25, 0.3) is 0 Å². The summed E-state index contributed by atoms with van der Waals surface area (Å²) < 4.78 is 0. The first kappa shape index (κ1) is 10.5. The Morgan fingerprint density at radius 3 is 2.13 bits per heavy atom. The largest absolute Gasteiger partial charge is 0.550 e. The van der Waals surface area contributed by atoms with E-state index >= 15 is 0 Å². The third-order valence-electron chi connectivity index (χ3n) is 3.33. The number of carbonyl (C=O) groups is 2. The van der Waals surface area contributed by atoms with Crippen LogP contribution in [0.4, 0.5) is 0 Å². The predicted molar refractivity (Wildman–Crippen MR) is 51.6 cm³/mol. The van der Waals surface area contributed by atoms with Crippen molar-refractivity contribution in [1.29, 1.82) is 0 Å². The molecule has 2 rings (SSSR count). The molecular weight excluding hydrogens is 194 g/mol. The van der Waals surface area contributed by atoms with E-state index in [0.717, 1.165) is 25.7 Å². The van der Waals surface area contributed by atoms with Crippen molar-refractivity contribution in [2.24, 2.45) is 11.8 Å². The fraction of sp³-hybridized carbons (Fsp3) is 0.818. The summed E-state index contributed by atoms with van der Waals surface area (Å²) in [5, 5.41) is 13.8. The van der Waals surface area contributed by atoms with Crippen LogP contribution in [0.2, 0.25) is 0 Å². The molecule has 0 aromatic heterocycles. The number of carbonyl (C=O) groups excluding carboxylic acids is 2. The van der Waals surface area contributed by atoms with E-state index in [-0.39, 0.29) is 11.8 Å². The van der Waals surface area contributed by atoms with E-state index in [1.54, 1.807) is 0 Å². The topological polar surface area (TPSA) is 69.2 Å². The second-order valence-electron chi connectivity index (χ2n) is 4.60. The maximum atomic E-state index is 11.8. The average molecular weight is 210 g/mol. The molecule has 4 heteroatoms. The van der Waals surface area contributed by atoms with Gasteiger partial charge in [-0.3, -0.25) is 4.79 Å². The quantitative estimate of drug-likeness (QED) is 0.702. The zero-order valence-electron chi connectivity index (χ0n) is 8.70. The molecule has 0 bridgehead atoms. The molecule has 0 aromatic carbocycles. The van der Waals surface area contributed by atoms with Crippen LogP contribution in [-0.4, -0.2) is 17.9 Å². The minimum Gasteiger partial charge on any atom is -0.550 e. The zero-order valence-corrected chi connectivity index (χ0v) is 8.70. The molecule has 1 amide bonds. The molecule has 2 aliphatic carbocycles. The number of hydrogen-bond donors (Lipinski definition) is 1. The summed E-state index contributed by atoms with van der Waals surface area (Å²) in [4.78, 5) is 22.6. The predicted octanol–water partition coefficient (Wildman–Crippen LogP) is -0.179. The zero-order chi connectivity index (χ0) is 10.8. The Morgan fingerprint density at radius 1 is 1.00 bits per heavy atom. The lowest BCUT2D eigenvalue weighted by Gasteiger charge is -2.31. The van der Waals surface area contributed by atoms with Crippen molar-refractivity contribution >= 4 is 11.9 Å². The normalized spacial score (nSPS) is 30.9. The molecule has 4 nitrogen and oxygen atoms in total. The van der Waals surface area contributed by atoms with Crippen LogP contribution in [-0.2, 0) is 9.59 Å². The van der Waals surface area contributed by atoms with Gasteiger partial charge in [-0.25, -0.2) is 0 Å². The van der Waals surface area contributed by atoms with Gasteiger partial charge in [0.15, 0.2) is 0 Å². The van der Waals surface area contributed by atoms with Crippen molar-refractivity contribution < 1.29 is 14.7 Å². The molecule has 2 aliphatic rings. The summed E-state index contributed by atoms with van der Waals surface area (Å²) in [7, 11) is 0. The number of nitrogens with one attached hydrogen (secondary N) is 1. The lowest BCUT2D eigenvalue weighted by molar-refractivity contribution is -0.314. The summed E-state index contributed by atoms with van der Waals surface area (Å²) in [6.45, 7) is 0. The molecule has 0 spiro atoms. The van der Waals surface area contributed by atoms with Gasteiger partial charge in [-0.05, 0) is 25.7 Å². The fourth-order valence-electron chi connectivity index (χ4n) is 2.26. The van der Waals surface area contributed by atoms with Gasteiger partial charge in [0.2, 0.25) is 5.91 Å². The summed E-state index contributed by atoms with van der Waals surface area (Å²) in [5.74, 6) is -2.07. The molecule has 0 aliphatic heterocycles. The molecule has 0 radical (unpaired) electrons. The molecule has 0 saturated heterocycles. The smallest absolute Gasteiger partial charge is 0.223 e. The van der Waals surface area contributed by atoms with Gasteiger partial charge < -0.3 is 15.2 Å². The van der Waals surface area contributed by atoms with Crippen LogP contribution >= 0.6 is 0 Å². The highest BCUT2D eigenvalue weighted by molar-refractivity contribution is 5.84. The Morgan fingerprint density at radius 2 is 1.60 bits per heavy atom. The van der Waals surface area contributed by atoms with E-state index in [0.29, 0.717) is 18.9 Å². The number of amides is 1. The van der Waals surface area contributed by atoms with Crippen molar-refractivity contribution in [1.82, 2.24) is 5.32 Å². The van der Waals surface area contributed by atoms with Gasteiger partial charge in [0, 0.05) is 23.8 Å². The van der Waals surface area contributed by atoms with Gasteiger partial charge in [-0.15, -0.1) is 0 Å². The summed E-state index contributed by atoms with van der Waals surface area (Å²) >= 11 is 0.